The number of carbonyl (C=O) groups is 3. The maximum atomic E-state index is 14.1. The van der Waals surface area contributed by atoms with Crippen LogP contribution >= 0.6 is 11.8 Å². The van der Waals surface area contributed by atoms with Crippen LogP contribution in [-0.4, -0.2) is 65.1 Å². The summed E-state index contributed by atoms with van der Waals surface area (Å²) in [6.45, 7) is 0. The molecule has 1 aliphatic rings. The highest BCUT2D eigenvalue weighted by atomic mass is 32.2. The molecule has 0 amide bonds. The molecule has 0 radical (unpaired) electrons. The van der Waals surface area contributed by atoms with Crippen molar-refractivity contribution in [3.05, 3.63) is 63.8 Å². The third-order valence-electron chi connectivity index (χ3n) is 6.32. The molecule has 0 saturated carbocycles. The molecule has 40 heavy (non-hydrogen) atoms. The van der Waals surface area contributed by atoms with Crippen molar-refractivity contribution in [3.8, 4) is 23.0 Å². The number of esters is 2. The van der Waals surface area contributed by atoms with Crippen LogP contribution in [0.2, 0.25) is 0 Å². The van der Waals surface area contributed by atoms with Crippen LogP contribution in [0.25, 0.3) is 11.0 Å². The summed E-state index contributed by atoms with van der Waals surface area (Å²) in [5.41, 5.74) is 7.36. The predicted molar refractivity (Wildman–Crippen MR) is 148 cm³/mol. The Morgan fingerprint density at radius 2 is 1.40 bits per heavy atom. The minimum atomic E-state index is -0.953. The number of ether oxygens (including phenoxy) is 6. The van der Waals surface area contributed by atoms with Crippen molar-refractivity contribution in [1.82, 2.24) is 4.57 Å². The monoisotopic (exact) mass is 568 g/mol. The highest BCUT2D eigenvalue weighted by molar-refractivity contribution is 8.10. The summed E-state index contributed by atoms with van der Waals surface area (Å²) < 4.78 is 32.6. The molecule has 1 aliphatic heterocycles. The highest BCUT2D eigenvalue weighted by Crippen LogP contribution is 2.42. The predicted octanol–water partition coefficient (Wildman–Crippen LogP) is 2.13. The Labute approximate surface area is 234 Å². The number of nitrogen functional groups attached to an aromatic ring is 1. The molecule has 0 unspecified atom stereocenters. The van der Waals surface area contributed by atoms with E-state index in [4.69, 9.17) is 34.2 Å². The van der Waals surface area contributed by atoms with Gasteiger partial charge in [0.2, 0.25) is 5.91 Å². The number of aromatic nitrogens is 1. The third-order valence-corrected chi connectivity index (χ3v) is 7.63. The van der Waals surface area contributed by atoms with Gasteiger partial charge in [-0.15, -0.1) is 0 Å². The Balaban J connectivity index is 2.06. The van der Waals surface area contributed by atoms with Gasteiger partial charge < -0.3 is 34.2 Å². The zero-order chi connectivity index (χ0) is 29.1. The van der Waals surface area contributed by atoms with Gasteiger partial charge in [-0.2, -0.15) is 0 Å². The van der Waals surface area contributed by atoms with E-state index in [0.29, 0.717) is 34.1 Å². The Morgan fingerprint density at radius 1 is 0.825 bits per heavy atom. The summed E-state index contributed by atoms with van der Waals surface area (Å²) >= 11 is 0.984. The second kappa shape index (κ2) is 11.7. The van der Waals surface area contributed by atoms with E-state index >= 15 is 0 Å². The number of nitrogens with zero attached hydrogens (tertiary/aromatic N) is 1. The molecular formula is C28H28N2O9S. The van der Waals surface area contributed by atoms with Crippen molar-refractivity contribution in [1.29, 1.82) is 0 Å². The molecule has 0 spiro atoms. The van der Waals surface area contributed by atoms with Gasteiger partial charge in [0.05, 0.1) is 53.7 Å². The summed E-state index contributed by atoms with van der Waals surface area (Å²) in [4.78, 5) is 40.2. The molecule has 3 aromatic rings. The fourth-order valence-electron chi connectivity index (χ4n) is 4.41. The lowest BCUT2D eigenvalue weighted by Gasteiger charge is -2.24. The first-order chi connectivity index (χ1) is 19.2. The SMILES string of the molecule is COC(=O)C1=c2/c(=C/c3ccc(OC)c(OC)c3)c(N)c(C(=O)OC)n2C(=O)[C@@H](c2ccc(OC)c(OC)c2)S1. The quantitative estimate of drug-likeness (QED) is 0.400. The first-order valence-corrected chi connectivity index (χ1v) is 12.7. The molecule has 1 aromatic heterocycles. The van der Waals surface area contributed by atoms with Crippen LogP contribution < -0.4 is 35.2 Å². The lowest BCUT2D eigenvalue weighted by molar-refractivity contribution is -0.133. The van der Waals surface area contributed by atoms with E-state index in [9.17, 15) is 14.4 Å². The second-order valence-electron chi connectivity index (χ2n) is 8.38. The van der Waals surface area contributed by atoms with Crippen LogP contribution in [0.4, 0.5) is 5.69 Å². The number of hydrogen-bond donors (Lipinski definition) is 1. The molecule has 0 bridgehead atoms. The molecule has 11 nitrogen and oxygen atoms in total. The van der Waals surface area contributed by atoms with Gasteiger partial charge in [-0.1, -0.05) is 23.9 Å². The van der Waals surface area contributed by atoms with Gasteiger partial charge >= 0.3 is 11.9 Å². The van der Waals surface area contributed by atoms with E-state index in [2.05, 4.69) is 0 Å². The smallest absolute Gasteiger partial charge is 0.357 e. The maximum absolute atomic E-state index is 14.1. The number of hydrogen-bond acceptors (Lipinski definition) is 11. The largest absolute Gasteiger partial charge is 0.493 e. The highest BCUT2D eigenvalue weighted by Gasteiger charge is 2.38. The molecular weight excluding hydrogens is 540 g/mol. The Bertz CT molecular complexity index is 1630. The number of methoxy groups -OCH3 is 6. The van der Waals surface area contributed by atoms with Crippen LogP contribution in [-0.2, 0) is 14.3 Å². The Kier molecular flexibility index (Phi) is 8.29. The molecule has 2 aromatic carbocycles. The summed E-state index contributed by atoms with van der Waals surface area (Å²) in [6, 6.07) is 10.1. The average Bonchev–Trinajstić information content (AvgIpc) is 3.27. The van der Waals surface area contributed by atoms with Crippen molar-refractivity contribution in [3.63, 3.8) is 0 Å². The number of thioether (sulfide) groups is 1. The summed E-state index contributed by atoms with van der Waals surface area (Å²) in [7, 11) is 8.39. The number of carbonyl (C=O) groups excluding carboxylic acids is 3. The van der Waals surface area contributed by atoms with Gasteiger partial charge in [0.25, 0.3) is 0 Å². The van der Waals surface area contributed by atoms with Crippen LogP contribution in [0.1, 0.15) is 31.7 Å². The van der Waals surface area contributed by atoms with Crippen molar-refractivity contribution in [2.45, 2.75) is 5.25 Å². The van der Waals surface area contributed by atoms with E-state index in [1.165, 1.54) is 42.7 Å². The van der Waals surface area contributed by atoms with Crippen LogP contribution in [0.3, 0.4) is 0 Å². The minimum absolute atomic E-state index is 0.0417. The summed E-state index contributed by atoms with van der Waals surface area (Å²) in [5, 5.41) is -0.573. The number of rotatable bonds is 8. The molecule has 0 fully saturated rings. The molecule has 4 rings (SSSR count). The fourth-order valence-corrected chi connectivity index (χ4v) is 5.63. The van der Waals surface area contributed by atoms with Gasteiger partial charge in [0.1, 0.15) is 10.2 Å². The zero-order valence-corrected chi connectivity index (χ0v) is 23.5. The van der Waals surface area contributed by atoms with E-state index < -0.39 is 23.1 Å². The molecule has 0 saturated heterocycles. The molecule has 2 N–H and O–H groups in total. The Hall–Kier alpha value is -4.58. The van der Waals surface area contributed by atoms with E-state index in [0.717, 1.165) is 16.3 Å². The lowest BCUT2D eigenvalue weighted by Crippen LogP contribution is -2.42. The van der Waals surface area contributed by atoms with Gasteiger partial charge in [0, 0.05) is 5.22 Å². The van der Waals surface area contributed by atoms with Crippen LogP contribution in [0.5, 0.6) is 23.0 Å². The minimum Gasteiger partial charge on any atom is -0.493 e. The van der Waals surface area contributed by atoms with Crippen molar-refractivity contribution >= 4 is 46.3 Å². The van der Waals surface area contributed by atoms with E-state index in [-0.39, 0.29) is 26.9 Å². The maximum Gasteiger partial charge on any atom is 0.357 e. The molecule has 2 heterocycles. The third kappa shape index (κ3) is 4.81. The van der Waals surface area contributed by atoms with Crippen molar-refractivity contribution in [2.24, 2.45) is 0 Å². The number of benzene rings is 2. The van der Waals surface area contributed by atoms with Crippen molar-refractivity contribution < 1.29 is 42.8 Å². The standard InChI is InChI=1S/C28H28N2O9S/c1-34-17-9-7-14(12-19(17)36-3)11-16-21(29)23(27(32)38-5)30-22(16)25(28(33)39-6)40-24(26(30)31)15-8-10-18(35-2)20(13-15)37-4/h7-13,24H,29H2,1-6H3/b16-11+/t24-/m1/s1. The first kappa shape index (κ1) is 28.4. The molecule has 0 aliphatic carbocycles. The van der Waals surface area contributed by atoms with E-state index in [1.54, 1.807) is 42.5 Å². The first-order valence-electron chi connectivity index (χ1n) is 11.8. The normalized spacial score (nSPS) is 14.8. The molecule has 210 valence electrons. The zero-order valence-electron chi connectivity index (χ0n) is 22.7. The van der Waals surface area contributed by atoms with Crippen LogP contribution in [0.15, 0.2) is 36.4 Å². The van der Waals surface area contributed by atoms with Gasteiger partial charge in [-0.05, 0) is 41.5 Å². The second-order valence-corrected chi connectivity index (χ2v) is 9.50. The Morgan fingerprint density at radius 3 is 1.98 bits per heavy atom. The van der Waals surface area contributed by atoms with E-state index in [1.807, 2.05) is 0 Å². The molecule has 1 atom stereocenters. The van der Waals surface area contributed by atoms with Gasteiger partial charge in [-0.3, -0.25) is 9.36 Å². The summed E-state index contributed by atoms with van der Waals surface area (Å²) in [6.07, 6.45) is 1.64. The number of fused-ring (bicyclic) bond motifs is 1. The summed E-state index contributed by atoms with van der Waals surface area (Å²) in [5.74, 6) is -0.259. The van der Waals surface area contributed by atoms with Gasteiger partial charge in [-0.25, -0.2) is 9.59 Å². The van der Waals surface area contributed by atoms with Crippen molar-refractivity contribution in [2.75, 3.05) is 48.4 Å². The average molecular weight is 569 g/mol. The number of anilines is 1. The number of nitrogens with two attached hydrogens (primary N) is 1. The lowest BCUT2D eigenvalue weighted by atomic mass is 10.1. The topological polar surface area (TPSA) is 138 Å². The fraction of sp³-hybridized carbons (Fsp3) is 0.250. The van der Waals surface area contributed by atoms with Crippen LogP contribution in [0, 0.1) is 0 Å². The molecule has 12 heteroatoms. The van der Waals surface area contributed by atoms with Gasteiger partial charge in [0.15, 0.2) is 28.7 Å².